The Morgan fingerprint density at radius 1 is 1.50 bits per heavy atom. The van der Waals surface area contributed by atoms with Crippen molar-refractivity contribution in [1.29, 1.82) is 0 Å². The Morgan fingerprint density at radius 2 is 2.28 bits per heavy atom. The quantitative estimate of drug-likeness (QED) is 0.872. The van der Waals surface area contributed by atoms with Gasteiger partial charge in [0.05, 0.1) is 18.8 Å². The van der Waals surface area contributed by atoms with Crippen LogP contribution < -0.4 is 10.6 Å². The summed E-state index contributed by atoms with van der Waals surface area (Å²) in [6, 6.07) is 2.39. The molecule has 2 N–H and O–H groups in total. The Hall–Kier alpha value is -1.20. The lowest BCUT2D eigenvalue weighted by Gasteiger charge is -2.38. The summed E-state index contributed by atoms with van der Waals surface area (Å²) in [5.74, 6) is 1.39. The van der Waals surface area contributed by atoms with E-state index in [4.69, 9.17) is 10.5 Å². The summed E-state index contributed by atoms with van der Waals surface area (Å²) in [5.41, 5.74) is 6.75. The Morgan fingerprint density at radius 3 is 2.94 bits per heavy atom. The SMILES string of the molecule is CC(C)c1cc(N2CC(CN)OCC2C)ncn1. The molecule has 2 rings (SSSR count). The first-order valence-corrected chi connectivity index (χ1v) is 6.52. The highest BCUT2D eigenvalue weighted by Gasteiger charge is 2.26. The zero-order valence-corrected chi connectivity index (χ0v) is 11.3. The van der Waals surface area contributed by atoms with Crippen LogP contribution in [0.2, 0.25) is 0 Å². The molecular formula is C13H22N4O. The van der Waals surface area contributed by atoms with Crippen LogP contribution in [-0.2, 0) is 4.74 Å². The maximum absolute atomic E-state index is 5.68. The van der Waals surface area contributed by atoms with Crippen LogP contribution in [0.25, 0.3) is 0 Å². The second-order valence-corrected chi connectivity index (χ2v) is 5.15. The first-order chi connectivity index (χ1) is 8.61. The lowest BCUT2D eigenvalue weighted by molar-refractivity contribution is 0.0280. The minimum Gasteiger partial charge on any atom is -0.373 e. The van der Waals surface area contributed by atoms with Crippen molar-refractivity contribution in [2.24, 2.45) is 5.73 Å². The molecule has 0 amide bonds. The number of nitrogens with two attached hydrogens (primary N) is 1. The number of aromatic nitrogens is 2. The van der Waals surface area contributed by atoms with Crippen molar-refractivity contribution in [3.8, 4) is 0 Å². The van der Waals surface area contributed by atoms with Gasteiger partial charge in [0.2, 0.25) is 0 Å². The zero-order chi connectivity index (χ0) is 13.1. The zero-order valence-electron chi connectivity index (χ0n) is 11.3. The topological polar surface area (TPSA) is 64.3 Å². The highest BCUT2D eigenvalue weighted by Crippen LogP contribution is 2.22. The summed E-state index contributed by atoms with van der Waals surface area (Å²) in [6.45, 7) is 8.46. The molecule has 2 heterocycles. The Balaban J connectivity index is 2.20. The number of ether oxygens (including phenoxy) is 1. The standard InChI is InChI=1S/C13H22N4O/c1-9(2)12-4-13(16-8-15-12)17-6-11(5-14)18-7-10(17)3/h4,8-11H,5-7,14H2,1-3H3. The number of hydrogen-bond donors (Lipinski definition) is 1. The van der Waals surface area contributed by atoms with Crippen LogP contribution in [0.1, 0.15) is 32.4 Å². The van der Waals surface area contributed by atoms with Gasteiger partial charge in [-0.15, -0.1) is 0 Å². The summed E-state index contributed by atoms with van der Waals surface area (Å²) < 4.78 is 5.66. The number of rotatable bonds is 3. The van der Waals surface area contributed by atoms with Crippen molar-refractivity contribution < 1.29 is 4.74 Å². The van der Waals surface area contributed by atoms with Gasteiger partial charge >= 0.3 is 0 Å². The van der Waals surface area contributed by atoms with Gasteiger partial charge in [0, 0.05) is 24.8 Å². The summed E-state index contributed by atoms with van der Waals surface area (Å²) in [5, 5.41) is 0. The molecule has 2 atom stereocenters. The Bertz CT molecular complexity index is 396. The predicted octanol–water partition coefficient (Wildman–Crippen LogP) is 1.15. The van der Waals surface area contributed by atoms with Crippen molar-refractivity contribution in [1.82, 2.24) is 9.97 Å². The van der Waals surface area contributed by atoms with E-state index in [9.17, 15) is 0 Å². The maximum atomic E-state index is 5.68. The van der Waals surface area contributed by atoms with E-state index in [1.807, 2.05) is 0 Å². The second-order valence-electron chi connectivity index (χ2n) is 5.15. The van der Waals surface area contributed by atoms with E-state index in [0.717, 1.165) is 18.1 Å². The molecule has 1 aromatic rings. The molecule has 0 aliphatic carbocycles. The average molecular weight is 250 g/mol. The van der Waals surface area contributed by atoms with E-state index in [2.05, 4.69) is 41.7 Å². The number of morpholine rings is 1. The second kappa shape index (κ2) is 5.63. The summed E-state index contributed by atoms with van der Waals surface area (Å²) in [4.78, 5) is 10.9. The van der Waals surface area contributed by atoms with Gasteiger partial charge < -0.3 is 15.4 Å². The molecule has 100 valence electrons. The number of nitrogens with zero attached hydrogens (tertiary/aromatic N) is 3. The van der Waals surface area contributed by atoms with Crippen LogP contribution in [0.5, 0.6) is 0 Å². The molecule has 1 aliphatic heterocycles. The molecule has 1 aromatic heterocycles. The molecule has 2 unspecified atom stereocenters. The largest absolute Gasteiger partial charge is 0.373 e. The van der Waals surface area contributed by atoms with Crippen LogP contribution in [-0.4, -0.2) is 41.8 Å². The Kier molecular flexibility index (Phi) is 4.14. The smallest absolute Gasteiger partial charge is 0.132 e. The molecule has 0 aromatic carbocycles. The van der Waals surface area contributed by atoms with Gasteiger partial charge in [-0.2, -0.15) is 0 Å². The monoisotopic (exact) mass is 250 g/mol. The van der Waals surface area contributed by atoms with E-state index in [1.54, 1.807) is 6.33 Å². The van der Waals surface area contributed by atoms with Crippen molar-refractivity contribution in [3.63, 3.8) is 0 Å². The first kappa shape index (κ1) is 13.2. The van der Waals surface area contributed by atoms with Gasteiger partial charge in [-0.3, -0.25) is 0 Å². The predicted molar refractivity (Wildman–Crippen MR) is 71.7 cm³/mol. The van der Waals surface area contributed by atoms with Gasteiger partial charge in [0.25, 0.3) is 0 Å². The summed E-state index contributed by atoms with van der Waals surface area (Å²) >= 11 is 0. The third kappa shape index (κ3) is 2.79. The van der Waals surface area contributed by atoms with E-state index >= 15 is 0 Å². The van der Waals surface area contributed by atoms with Crippen LogP contribution in [0, 0.1) is 0 Å². The van der Waals surface area contributed by atoms with Crippen molar-refractivity contribution >= 4 is 5.82 Å². The summed E-state index contributed by atoms with van der Waals surface area (Å²) in [7, 11) is 0. The highest BCUT2D eigenvalue weighted by atomic mass is 16.5. The normalized spacial score (nSPS) is 24.6. The molecule has 5 nitrogen and oxygen atoms in total. The lowest BCUT2D eigenvalue weighted by atomic mass is 10.1. The van der Waals surface area contributed by atoms with Crippen molar-refractivity contribution in [2.45, 2.75) is 38.8 Å². The van der Waals surface area contributed by atoms with E-state index in [-0.39, 0.29) is 6.10 Å². The fourth-order valence-electron chi connectivity index (χ4n) is 2.11. The lowest BCUT2D eigenvalue weighted by Crippen LogP contribution is -2.51. The fourth-order valence-corrected chi connectivity index (χ4v) is 2.11. The minimum atomic E-state index is 0.0960. The molecular weight excluding hydrogens is 228 g/mol. The molecule has 1 fully saturated rings. The molecule has 18 heavy (non-hydrogen) atoms. The van der Waals surface area contributed by atoms with Crippen LogP contribution in [0.3, 0.4) is 0 Å². The summed E-state index contributed by atoms with van der Waals surface area (Å²) in [6.07, 6.45) is 1.74. The van der Waals surface area contributed by atoms with Gasteiger partial charge in [-0.25, -0.2) is 9.97 Å². The first-order valence-electron chi connectivity index (χ1n) is 6.52. The minimum absolute atomic E-state index is 0.0960. The third-order valence-corrected chi connectivity index (χ3v) is 3.33. The van der Waals surface area contributed by atoms with Crippen molar-refractivity contribution in [3.05, 3.63) is 18.1 Å². The molecule has 0 saturated carbocycles. The van der Waals surface area contributed by atoms with Crippen molar-refractivity contribution in [2.75, 3.05) is 24.6 Å². The highest BCUT2D eigenvalue weighted by molar-refractivity contribution is 5.41. The van der Waals surface area contributed by atoms with Crippen LogP contribution in [0.4, 0.5) is 5.82 Å². The van der Waals surface area contributed by atoms with Crippen LogP contribution in [0.15, 0.2) is 12.4 Å². The molecule has 1 saturated heterocycles. The van der Waals surface area contributed by atoms with E-state index in [1.165, 1.54) is 0 Å². The molecule has 0 spiro atoms. The van der Waals surface area contributed by atoms with E-state index < -0.39 is 0 Å². The third-order valence-electron chi connectivity index (χ3n) is 3.33. The Labute approximate surface area is 108 Å². The van der Waals surface area contributed by atoms with E-state index in [0.29, 0.717) is 25.1 Å². The van der Waals surface area contributed by atoms with Gasteiger partial charge in [0.15, 0.2) is 0 Å². The average Bonchev–Trinajstić information content (AvgIpc) is 2.39. The van der Waals surface area contributed by atoms with Crippen LogP contribution >= 0.6 is 0 Å². The molecule has 5 heteroatoms. The maximum Gasteiger partial charge on any atom is 0.132 e. The number of hydrogen-bond acceptors (Lipinski definition) is 5. The fraction of sp³-hybridized carbons (Fsp3) is 0.692. The molecule has 1 aliphatic rings. The van der Waals surface area contributed by atoms with Gasteiger partial charge in [-0.1, -0.05) is 13.8 Å². The van der Waals surface area contributed by atoms with Gasteiger partial charge in [-0.05, 0) is 12.8 Å². The van der Waals surface area contributed by atoms with Gasteiger partial charge in [0.1, 0.15) is 12.1 Å². The molecule has 0 radical (unpaired) electrons. The number of anilines is 1. The molecule has 0 bridgehead atoms.